The highest BCUT2D eigenvalue weighted by Crippen LogP contribution is 2.42. The van der Waals surface area contributed by atoms with Crippen molar-refractivity contribution in [3.8, 4) is 17.2 Å². The van der Waals surface area contributed by atoms with Gasteiger partial charge in [0.2, 0.25) is 0 Å². The molecule has 0 radical (unpaired) electrons. The van der Waals surface area contributed by atoms with E-state index in [1.54, 1.807) is 0 Å². The molecular weight excluding hydrogens is 352 g/mol. The first kappa shape index (κ1) is 19.9. The zero-order valence-electron chi connectivity index (χ0n) is 17.7. The standard InChI is InChI=1S/C27H32N2/c1-21(2)12-13-27(14-16-29(17-15-27)20-22-6-7-22)26-10-8-24(9-11-26)25-5-3-4-23(18-25)19-28/h3-5,8-11,18,22H,1,6-7,12-17,20H2,2H3. The molecule has 150 valence electrons. The van der Waals surface area contributed by atoms with Gasteiger partial charge in [0.15, 0.2) is 0 Å². The van der Waals surface area contributed by atoms with Crippen LogP contribution in [0.4, 0.5) is 0 Å². The highest BCUT2D eigenvalue weighted by molar-refractivity contribution is 5.65. The molecule has 1 saturated carbocycles. The molecule has 2 fully saturated rings. The molecule has 0 spiro atoms. The summed E-state index contributed by atoms with van der Waals surface area (Å²) in [5.74, 6) is 0.973. The van der Waals surface area contributed by atoms with Crippen molar-refractivity contribution in [1.29, 1.82) is 5.26 Å². The van der Waals surface area contributed by atoms with E-state index in [2.05, 4.69) is 54.8 Å². The number of nitrogens with zero attached hydrogens (tertiary/aromatic N) is 2. The van der Waals surface area contributed by atoms with Crippen LogP contribution in [0.1, 0.15) is 56.6 Å². The number of rotatable bonds is 7. The second-order valence-corrected chi connectivity index (χ2v) is 9.25. The van der Waals surface area contributed by atoms with Crippen LogP contribution in [-0.4, -0.2) is 24.5 Å². The summed E-state index contributed by atoms with van der Waals surface area (Å²) in [6.07, 6.45) is 7.67. The van der Waals surface area contributed by atoms with Gasteiger partial charge < -0.3 is 4.90 Å². The lowest BCUT2D eigenvalue weighted by molar-refractivity contribution is 0.147. The summed E-state index contributed by atoms with van der Waals surface area (Å²) < 4.78 is 0. The third-order valence-electron chi connectivity index (χ3n) is 6.88. The van der Waals surface area contributed by atoms with E-state index < -0.39 is 0 Å². The Hall–Kier alpha value is -2.37. The molecule has 29 heavy (non-hydrogen) atoms. The van der Waals surface area contributed by atoms with Crippen molar-refractivity contribution in [2.75, 3.05) is 19.6 Å². The molecule has 0 atom stereocenters. The lowest BCUT2D eigenvalue weighted by Crippen LogP contribution is -2.43. The fourth-order valence-electron chi connectivity index (χ4n) is 4.75. The van der Waals surface area contributed by atoms with E-state index in [0.29, 0.717) is 5.56 Å². The Labute approximate surface area is 175 Å². The van der Waals surface area contributed by atoms with Crippen LogP contribution in [0.5, 0.6) is 0 Å². The molecule has 0 amide bonds. The summed E-state index contributed by atoms with van der Waals surface area (Å²) in [6, 6.07) is 19.3. The zero-order chi connectivity index (χ0) is 20.3. The third-order valence-corrected chi connectivity index (χ3v) is 6.88. The minimum Gasteiger partial charge on any atom is -0.303 e. The lowest BCUT2D eigenvalue weighted by Gasteiger charge is -2.43. The molecule has 0 bridgehead atoms. The van der Waals surface area contributed by atoms with Gasteiger partial charge >= 0.3 is 0 Å². The lowest BCUT2D eigenvalue weighted by atomic mass is 9.69. The zero-order valence-corrected chi connectivity index (χ0v) is 17.7. The Bertz CT molecular complexity index is 891. The van der Waals surface area contributed by atoms with Gasteiger partial charge in [-0.05, 0) is 98.7 Å². The number of hydrogen-bond donors (Lipinski definition) is 0. The quantitative estimate of drug-likeness (QED) is 0.522. The molecule has 4 rings (SSSR count). The fraction of sp³-hybridized carbons (Fsp3) is 0.444. The average molecular weight is 385 g/mol. The highest BCUT2D eigenvalue weighted by atomic mass is 15.1. The molecule has 2 heteroatoms. The van der Waals surface area contributed by atoms with Crippen LogP contribution in [0.2, 0.25) is 0 Å². The van der Waals surface area contributed by atoms with Crippen molar-refractivity contribution >= 4 is 0 Å². The van der Waals surface area contributed by atoms with Gasteiger partial charge in [0.05, 0.1) is 11.6 Å². The number of benzene rings is 2. The van der Waals surface area contributed by atoms with Crippen molar-refractivity contribution in [3.05, 3.63) is 71.8 Å². The van der Waals surface area contributed by atoms with Crippen LogP contribution in [0, 0.1) is 17.2 Å². The average Bonchev–Trinajstić information content (AvgIpc) is 3.58. The van der Waals surface area contributed by atoms with E-state index in [1.807, 2.05) is 18.2 Å². The molecule has 2 aliphatic rings. The van der Waals surface area contributed by atoms with E-state index in [-0.39, 0.29) is 5.41 Å². The normalized spacial score (nSPS) is 18.9. The molecule has 0 aromatic heterocycles. The van der Waals surface area contributed by atoms with Crippen LogP contribution >= 0.6 is 0 Å². The Morgan fingerprint density at radius 1 is 1.10 bits per heavy atom. The Kier molecular flexibility index (Phi) is 5.88. The molecule has 2 aromatic carbocycles. The van der Waals surface area contributed by atoms with Crippen molar-refractivity contribution in [1.82, 2.24) is 4.90 Å². The highest BCUT2D eigenvalue weighted by Gasteiger charge is 2.37. The van der Waals surface area contributed by atoms with Crippen molar-refractivity contribution in [3.63, 3.8) is 0 Å². The molecule has 0 unspecified atom stereocenters. The predicted octanol–water partition coefficient (Wildman–Crippen LogP) is 6.33. The molecule has 1 aliphatic heterocycles. The first-order valence-electron chi connectivity index (χ1n) is 11.1. The minimum absolute atomic E-state index is 0.270. The number of piperidine rings is 1. The van der Waals surface area contributed by atoms with E-state index in [0.717, 1.165) is 17.9 Å². The van der Waals surface area contributed by atoms with Gasteiger partial charge in [-0.3, -0.25) is 0 Å². The topological polar surface area (TPSA) is 27.0 Å². The van der Waals surface area contributed by atoms with E-state index in [9.17, 15) is 5.26 Å². The van der Waals surface area contributed by atoms with Gasteiger partial charge in [0, 0.05) is 6.54 Å². The van der Waals surface area contributed by atoms with Crippen LogP contribution < -0.4 is 0 Å². The van der Waals surface area contributed by atoms with Gasteiger partial charge in [-0.15, -0.1) is 6.58 Å². The number of nitriles is 1. The maximum Gasteiger partial charge on any atom is 0.0991 e. The van der Waals surface area contributed by atoms with Gasteiger partial charge in [-0.1, -0.05) is 42.0 Å². The second-order valence-electron chi connectivity index (χ2n) is 9.25. The minimum atomic E-state index is 0.270. The van der Waals surface area contributed by atoms with E-state index in [4.69, 9.17) is 0 Å². The number of allylic oxidation sites excluding steroid dienone is 1. The van der Waals surface area contributed by atoms with Gasteiger partial charge in [-0.25, -0.2) is 0 Å². The Morgan fingerprint density at radius 3 is 2.45 bits per heavy atom. The van der Waals surface area contributed by atoms with Crippen molar-refractivity contribution < 1.29 is 0 Å². The molecule has 0 N–H and O–H groups in total. The van der Waals surface area contributed by atoms with Crippen LogP contribution in [0.25, 0.3) is 11.1 Å². The maximum absolute atomic E-state index is 9.18. The van der Waals surface area contributed by atoms with E-state index in [1.165, 1.54) is 68.4 Å². The summed E-state index contributed by atoms with van der Waals surface area (Å²) in [6.45, 7) is 10.1. The van der Waals surface area contributed by atoms with Crippen molar-refractivity contribution in [2.45, 2.75) is 50.9 Å². The monoisotopic (exact) mass is 384 g/mol. The SMILES string of the molecule is C=C(C)CCC1(c2ccc(-c3cccc(C#N)c3)cc2)CCN(CC2CC2)CC1. The van der Waals surface area contributed by atoms with Crippen LogP contribution in [-0.2, 0) is 5.41 Å². The number of hydrogen-bond acceptors (Lipinski definition) is 2. The number of likely N-dealkylation sites (tertiary alicyclic amines) is 1. The molecular formula is C27H32N2. The fourth-order valence-corrected chi connectivity index (χ4v) is 4.75. The third kappa shape index (κ3) is 4.80. The Morgan fingerprint density at radius 2 is 1.83 bits per heavy atom. The van der Waals surface area contributed by atoms with Gasteiger partial charge in [0.25, 0.3) is 0 Å². The largest absolute Gasteiger partial charge is 0.303 e. The summed E-state index contributed by atoms with van der Waals surface area (Å²) in [5.41, 5.74) is 6.05. The molecule has 1 saturated heterocycles. The maximum atomic E-state index is 9.18. The summed E-state index contributed by atoms with van der Waals surface area (Å²) in [5, 5.41) is 9.18. The Balaban J connectivity index is 1.54. The molecule has 1 heterocycles. The van der Waals surface area contributed by atoms with Crippen LogP contribution in [0.3, 0.4) is 0 Å². The predicted molar refractivity (Wildman–Crippen MR) is 121 cm³/mol. The van der Waals surface area contributed by atoms with Gasteiger partial charge in [-0.2, -0.15) is 5.26 Å². The first-order valence-corrected chi connectivity index (χ1v) is 11.1. The molecule has 1 aliphatic carbocycles. The van der Waals surface area contributed by atoms with Gasteiger partial charge in [0.1, 0.15) is 0 Å². The second kappa shape index (κ2) is 8.56. The molecule has 2 aromatic rings. The van der Waals surface area contributed by atoms with E-state index >= 15 is 0 Å². The van der Waals surface area contributed by atoms with Crippen LogP contribution in [0.15, 0.2) is 60.7 Å². The molecule has 2 nitrogen and oxygen atoms in total. The van der Waals surface area contributed by atoms with Crippen molar-refractivity contribution in [2.24, 2.45) is 5.92 Å². The smallest absolute Gasteiger partial charge is 0.0991 e. The summed E-state index contributed by atoms with van der Waals surface area (Å²) >= 11 is 0. The summed E-state index contributed by atoms with van der Waals surface area (Å²) in [7, 11) is 0. The first-order chi connectivity index (χ1) is 14.1. The summed E-state index contributed by atoms with van der Waals surface area (Å²) in [4.78, 5) is 2.69.